The highest BCUT2D eigenvalue weighted by molar-refractivity contribution is 4.91. The van der Waals surface area contributed by atoms with E-state index in [0.29, 0.717) is 0 Å². The number of nitriles is 1. The quantitative estimate of drug-likeness (QED) is 0.605. The number of unbranched alkanes of at least 4 members (excludes halogenated alkanes) is 2. The highest BCUT2D eigenvalue weighted by Gasteiger charge is 2.14. The monoisotopic (exact) mass is 196 g/mol. The van der Waals surface area contributed by atoms with Crippen LogP contribution in [0.3, 0.4) is 0 Å². The van der Waals surface area contributed by atoms with Crippen molar-refractivity contribution < 1.29 is 0 Å². The first-order chi connectivity index (χ1) is 6.62. The van der Waals surface area contributed by atoms with E-state index in [2.05, 4.69) is 18.3 Å². The van der Waals surface area contributed by atoms with Crippen LogP contribution in [0.5, 0.6) is 0 Å². The molecule has 0 aromatic carbocycles. The highest BCUT2D eigenvalue weighted by atomic mass is 14.8. The molecule has 0 saturated carbocycles. The molecule has 0 aliphatic carbocycles. The fourth-order valence-electron chi connectivity index (χ4n) is 1.30. The molecule has 0 amide bonds. The molecule has 0 spiro atoms. The Morgan fingerprint density at radius 1 is 1.14 bits per heavy atom. The predicted molar refractivity (Wildman–Crippen MR) is 61.0 cm³/mol. The summed E-state index contributed by atoms with van der Waals surface area (Å²) in [6.45, 7) is 8.46. The SMILES string of the molecule is CCCCNCCCCC(C)(C)C#N. The van der Waals surface area contributed by atoms with Gasteiger partial charge < -0.3 is 5.32 Å². The summed E-state index contributed by atoms with van der Waals surface area (Å²) in [5.41, 5.74) is -0.135. The molecule has 0 heterocycles. The first-order valence-electron chi connectivity index (χ1n) is 5.74. The summed E-state index contributed by atoms with van der Waals surface area (Å²) < 4.78 is 0. The van der Waals surface area contributed by atoms with Crippen molar-refractivity contribution in [2.45, 2.75) is 52.9 Å². The molecule has 0 radical (unpaired) electrons. The minimum atomic E-state index is -0.135. The van der Waals surface area contributed by atoms with E-state index in [0.717, 1.165) is 25.9 Å². The van der Waals surface area contributed by atoms with Crippen molar-refractivity contribution in [2.75, 3.05) is 13.1 Å². The van der Waals surface area contributed by atoms with Crippen molar-refractivity contribution in [3.8, 4) is 6.07 Å². The third-order valence-corrected chi connectivity index (χ3v) is 2.42. The second kappa shape index (κ2) is 7.82. The van der Waals surface area contributed by atoms with Crippen LogP contribution in [-0.2, 0) is 0 Å². The van der Waals surface area contributed by atoms with Crippen LogP contribution in [0.25, 0.3) is 0 Å². The molecule has 0 aromatic heterocycles. The van der Waals surface area contributed by atoms with Gasteiger partial charge >= 0.3 is 0 Å². The van der Waals surface area contributed by atoms with Gasteiger partial charge in [0.2, 0.25) is 0 Å². The standard InChI is InChI=1S/C12H24N2/c1-4-5-9-14-10-7-6-8-12(2,3)11-13/h14H,4-10H2,1-3H3. The van der Waals surface area contributed by atoms with Gasteiger partial charge in [-0.15, -0.1) is 0 Å². The molecule has 1 N–H and O–H groups in total. The van der Waals surface area contributed by atoms with E-state index < -0.39 is 0 Å². The molecule has 0 bridgehead atoms. The largest absolute Gasteiger partial charge is 0.317 e. The zero-order chi connectivity index (χ0) is 10.9. The molecule has 0 aliphatic heterocycles. The smallest absolute Gasteiger partial charge is 0.0683 e. The van der Waals surface area contributed by atoms with Gasteiger partial charge in [-0.05, 0) is 46.2 Å². The van der Waals surface area contributed by atoms with E-state index in [-0.39, 0.29) is 5.41 Å². The van der Waals surface area contributed by atoms with Crippen molar-refractivity contribution in [3.63, 3.8) is 0 Å². The third kappa shape index (κ3) is 8.07. The Morgan fingerprint density at radius 3 is 2.36 bits per heavy atom. The minimum Gasteiger partial charge on any atom is -0.317 e. The van der Waals surface area contributed by atoms with Crippen LogP contribution in [0.15, 0.2) is 0 Å². The van der Waals surface area contributed by atoms with Gasteiger partial charge in [0.05, 0.1) is 11.5 Å². The summed E-state index contributed by atoms with van der Waals surface area (Å²) in [6.07, 6.45) is 5.88. The average Bonchev–Trinajstić information content (AvgIpc) is 2.16. The van der Waals surface area contributed by atoms with E-state index in [1.165, 1.54) is 19.3 Å². The Morgan fingerprint density at radius 2 is 1.79 bits per heavy atom. The number of hydrogen-bond donors (Lipinski definition) is 1. The zero-order valence-corrected chi connectivity index (χ0v) is 9.90. The normalized spacial score (nSPS) is 11.3. The summed E-state index contributed by atoms with van der Waals surface area (Å²) in [6, 6.07) is 2.33. The topological polar surface area (TPSA) is 35.8 Å². The van der Waals surface area contributed by atoms with E-state index in [4.69, 9.17) is 5.26 Å². The minimum absolute atomic E-state index is 0.135. The molecule has 0 atom stereocenters. The Hall–Kier alpha value is -0.550. The zero-order valence-electron chi connectivity index (χ0n) is 9.90. The molecule has 0 aliphatic rings. The Kier molecular flexibility index (Phi) is 7.51. The van der Waals surface area contributed by atoms with Crippen LogP contribution >= 0.6 is 0 Å². The second-order valence-electron chi connectivity index (χ2n) is 4.56. The van der Waals surface area contributed by atoms with Crippen LogP contribution in [0.1, 0.15) is 52.9 Å². The lowest BCUT2D eigenvalue weighted by Crippen LogP contribution is -2.17. The van der Waals surface area contributed by atoms with E-state index in [9.17, 15) is 0 Å². The van der Waals surface area contributed by atoms with Gasteiger partial charge in [-0.25, -0.2) is 0 Å². The van der Waals surface area contributed by atoms with E-state index >= 15 is 0 Å². The van der Waals surface area contributed by atoms with Crippen LogP contribution in [-0.4, -0.2) is 13.1 Å². The molecule has 0 saturated heterocycles. The summed E-state index contributed by atoms with van der Waals surface area (Å²) >= 11 is 0. The summed E-state index contributed by atoms with van der Waals surface area (Å²) in [5.74, 6) is 0. The van der Waals surface area contributed by atoms with Crippen LogP contribution in [0, 0.1) is 16.7 Å². The number of nitrogens with zero attached hydrogens (tertiary/aromatic N) is 1. The Bertz CT molecular complexity index is 168. The maximum atomic E-state index is 8.80. The third-order valence-electron chi connectivity index (χ3n) is 2.42. The first-order valence-corrected chi connectivity index (χ1v) is 5.74. The molecule has 2 heteroatoms. The Labute approximate surface area is 88.7 Å². The summed E-state index contributed by atoms with van der Waals surface area (Å²) in [4.78, 5) is 0. The van der Waals surface area contributed by atoms with Gasteiger partial charge in [-0.1, -0.05) is 19.8 Å². The van der Waals surface area contributed by atoms with Gasteiger partial charge in [0.25, 0.3) is 0 Å². The lowest BCUT2D eigenvalue weighted by atomic mass is 9.89. The number of rotatable bonds is 8. The predicted octanol–water partition coefficient (Wildman–Crippen LogP) is 3.10. The van der Waals surface area contributed by atoms with Crippen molar-refractivity contribution in [1.82, 2.24) is 5.32 Å². The second-order valence-corrected chi connectivity index (χ2v) is 4.56. The maximum Gasteiger partial charge on any atom is 0.0683 e. The van der Waals surface area contributed by atoms with Crippen molar-refractivity contribution in [2.24, 2.45) is 5.41 Å². The highest BCUT2D eigenvalue weighted by Crippen LogP contribution is 2.21. The molecule has 0 fully saturated rings. The molecule has 0 aromatic rings. The molecular formula is C12H24N2. The van der Waals surface area contributed by atoms with Gasteiger partial charge in [0.1, 0.15) is 0 Å². The van der Waals surface area contributed by atoms with Gasteiger partial charge in [0.15, 0.2) is 0 Å². The van der Waals surface area contributed by atoms with Crippen molar-refractivity contribution >= 4 is 0 Å². The molecule has 0 rings (SSSR count). The van der Waals surface area contributed by atoms with E-state index in [1.807, 2.05) is 13.8 Å². The van der Waals surface area contributed by atoms with Gasteiger partial charge in [-0.3, -0.25) is 0 Å². The van der Waals surface area contributed by atoms with Gasteiger partial charge in [0, 0.05) is 0 Å². The fraction of sp³-hybridized carbons (Fsp3) is 0.917. The molecule has 14 heavy (non-hydrogen) atoms. The van der Waals surface area contributed by atoms with Crippen molar-refractivity contribution in [3.05, 3.63) is 0 Å². The number of hydrogen-bond acceptors (Lipinski definition) is 2. The van der Waals surface area contributed by atoms with Crippen LogP contribution in [0.2, 0.25) is 0 Å². The van der Waals surface area contributed by atoms with Crippen LogP contribution < -0.4 is 5.32 Å². The maximum absolute atomic E-state index is 8.80. The van der Waals surface area contributed by atoms with Gasteiger partial charge in [-0.2, -0.15) is 5.26 Å². The van der Waals surface area contributed by atoms with Crippen LogP contribution in [0.4, 0.5) is 0 Å². The molecule has 2 nitrogen and oxygen atoms in total. The molecular weight excluding hydrogens is 172 g/mol. The van der Waals surface area contributed by atoms with Crippen molar-refractivity contribution in [1.29, 1.82) is 5.26 Å². The fourth-order valence-corrected chi connectivity index (χ4v) is 1.30. The number of nitrogens with one attached hydrogen (secondary N) is 1. The van der Waals surface area contributed by atoms with E-state index in [1.54, 1.807) is 0 Å². The summed E-state index contributed by atoms with van der Waals surface area (Å²) in [5, 5.41) is 12.2. The summed E-state index contributed by atoms with van der Waals surface area (Å²) in [7, 11) is 0. The first kappa shape index (κ1) is 13.4. The molecule has 82 valence electrons. The average molecular weight is 196 g/mol. The lowest BCUT2D eigenvalue weighted by molar-refractivity contribution is 0.422. The lowest BCUT2D eigenvalue weighted by Gasteiger charge is -2.14. The Balaban J connectivity index is 3.18. The molecule has 0 unspecified atom stereocenters.